The van der Waals surface area contributed by atoms with E-state index in [1.807, 2.05) is 0 Å². The van der Waals surface area contributed by atoms with E-state index in [2.05, 4.69) is 10.6 Å². The Morgan fingerprint density at radius 3 is 2.37 bits per heavy atom. The summed E-state index contributed by atoms with van der Waals surface area (Å²) in [6.45, 7) is 1.26. The molecule has 2 rings (SSSR count). The average molecular weight is 393 g/mol. The number of amides is 2. The fourth-order valence-corrected chi connectivity index (χ4v) is 3.37. The van der Waals surface area contributed by atoms with E-state index in [0.29, 0.717) is 6.54 Å². The Kier molecular flexibility index (Phi) is 6.65. The predicted molar refractivity (Wildman–Crippen MR) is 98.8 cm³/mol. The van der Waals surface area contributed by atoms with Gasteiger partial charge in [-0.3, -0.25) is 9.59 Å². The number of rotatable bonds is 7. The van der Waals surface area contributed by atoms with Crippen molar-refractivity contribution in [3.05, 3.63) is 59.9 Å². The maximum absolute atomic E-state index is 13.1. The zero-order valence-electron chi connectivity index (χ0n) is 14.9. The highest BCUT2D eigenvalue weighted by Gasteiger charge is 2.23. The van der Waals surface area contributed by atoms with Crippen molar-refractivity contribution < 1.29 is 22.4 Å². The molecule has 2 aromatic rings. The topological polar surface area (TPSA) is 95.6 Å². The molecule has 2 amide bonds. The number of hydrogen-bond donors (Lipinski definition) is 2. The monoisotopic (exact) mass is 393 g/mol. The molecule has 0 aromatic heterocycles. The van der Waals surface area contributed by atoms with Gasteiger partial charge in [-0.15, -0.1) is 0 Å². The Labute approximate surface area is 157 Å². The Morgan fingerprint density at radius 1 is 1.11 bits per heavy atom. The molecule has 7 nitrogen and oxygen atoms in total. The van der Waals surface area contributed by atoms with Crippen molar-refractivity contribution >= 4 is 27.5 Å². The maximum Gasteiger partial charge on any atom is 0.243 e. The molecule has 0 aliphatic rings. The van der Waals surface area contributed by atoms with Crippen LogP contribution in [0.25, 0.3) is 0 Å². The van der Waals surface area contributed by atoms with Gasteiger partial charge in [0, 0.05) is 26.2 Å². The first-order valence-electron chi connectivity index (χ1n) is 8.03. The van der Waals surface area contributed by atoms with Gasteiger partial charge in [-0.1, -0.05) is 18.2 Å². The highest BCUT2D eigenvalue weighted by Crippen LogP contribution is 2.16. The first-order chi connectivity index (χ1) is 12.7. The Balaban J connectivity index is 2.02. The van der Waals surface area contributed by atoms with Crippen LogP contribution in [-0.2, 0) is 26.2 Å². The van der Waals surface area contributed by atoms with Gasteiger partial charge < -0.3 is 10.6 Å². The van der Waals surface area contributed by atoms with Crippen molar-refractivity contribution in [3.63, 3.8) is 0 Å². The van der Waals surface area contributed by atoms with Crippen LogP contribution >= 0.6 is 0 Å². The van der Waals surface area contributed by atoms with E-state index in [1.165, 1.54) is 44.3 Å². The van der Waals surface area contributed by atoms with Crippen LogP contribution in [0.3, 0.4) is 0 Å². The summed E-state index contributed by atoms with van der Waals surface area (Å²) in [6, 6.07) is 11.3. The van der Waals surface area contributed by atoms with Crippen LogP contribution in [0.4, 0.5) is 10.1 Å². The van der Waals surface area contributed by atoms with E-state index in [4.69, 9.17) is 0 Å². The second kappa shape index (κ2) is 8.74. The summed E-state index contributed by atoms with van der Waals surface area (Å²) in [5.74, 6) is -1.28. The van der Waals surface area contributed by atoms with Gasteiger partial charge >= 0.3 is 0 Å². The lowest BCUT2D eigenvalue weighted by Gasteiger charge is -2.17. The maximum atomic E-state index is 13.1. The van der Waals surface area contributed by atoms with Crippen LogP contribution in [0.2, 0.25) is 0 Å². The van der Waals surface area contributed by atoms with Crippen molar-refractivity contribution in [1.82, 2.24) is 9.62 Å². The Morgan fingerprint density at radius 2 is 1.78 bits per heavy atom. The lowest BCUT2D eigenvalue weighted by molar-refractivity contribution is -0.119. The Hall–Kier alpha value is -2.78. The molecule has 0 atom stereocenters. The quantitative estimate of drug-likeness (QED) is 0.749. The van der Waals surface area contributed by atoms with Gasteiger partial charge in [-0.25, -0.2) is 12.8 Å². The fourth-order valence-electron chi connectivity index (χ4n) is 2.24. The van der Waals surface area contributed by atoms with Crippen LogP contribution in [0.1, 0.15) is 12.5 Å². The summed E-state index contributed by atoms with van der Waals surface area (Å²) in [6.07, 6.45) is 0. The SMILES string of the molecule is CC(=O)NCc1ccc(S(=O)(=O)N(C)CC(=O)Nc2cccc(F)c2)cc1. The van der Waals surface area contributed by atoms with Crippen LogP contribution in [0.5, 0.6) is 0 Å². The summed E-state index contributed by atoms with van der Waals surface area (Å²) < 4.78 is 39.2. The van der Waals surface area contributed by atoms with Gasteiger partial charge in [0.1, 0.15) is 5.82 Å². The van der Waals surface area contributed by atoms with E-state index in [9.17, 15) is 22.4 Å². The molecular weight excluding hydrogens is 373 g/mol. The van der Waals surface area contributed by atoms with Crippen molar-refractivity contribution in [1.29, 1.82) is 0 Å². The van der Waals surface area contributed by atoms with Crippen molar-refractivity contribution in [2.75, 3.05) is 18.9 Å². The van der Waals surface area contributed by atoms with E-state index >= 15 is 0 Å². The smallest absolute Gasteiger partial charge is 0.243 e. The Bertz CT molecular complexity index is 930. The number of halogens is 1. The summed E-state index contributed by atoms with van der Waals surface area (Å²) in [5, 5.41) is 5.07. The molecule has 27 heavy (non-hydrogen) atoms. The van der Waals surface area contributed by atoms with Crippen LogP contribution < -0.4 is 10.6 Å². The molecule has 9 heteroatoms. The molecule has 0 spiro atoms. The summed E-state index contributed by atoms with van der Waals surface area (Å²) >= 11 is 0. The molecule has 0 fully saturated rings. The third-order valence-corrected chi connectivity index (χ3v) is 5.47. The van der Waals surface area contributed by atoms with Crippen LogP contribution in [-0.4, -0.2) is 38.1 Å². The zero-order valence-corrected chi connectivity index (χ0v) is 15.7. The predicted octanol–water partition coefficient (Wildman–Crippen LogP) is 1.72. The number of likely N-dealkylation sites (N-methyl/N-ethyl adjacent to an activating group) is 1. The highest BCUT2D eigenvalue weighted by atomic mass is 32.2. The molecular formula is C18H20FN3O4S. The third-order valence-electron chi connectivity index (χ3n) is 3.65. The second-order valence-electron chi connectivity index (χ2n) is 5.87. The minimum Gasteiger partial charge on any atom is -0.352 e. The molecule has 0 saturated heterocycles. The van der Waals surface area contributed by atoms with Gasteiger partial charge in [-0.2, -0.15) is 4.31 Å². The fraction of sp³-hybridized carbons (Fsp3) is 0.222. The van der Waals surface area contributed by atoms with Crippen molar-refractivity contribution in [2.24, 2.45) is 0 Å². The molecule has 0 saturated carbocycles. The second-order valence-corrected chi connectivity index (χ2v) is 7.92. The summed E-state index contributed by atoms with van der Waals surface area (Å²) in [5.41, 5.74) is 0.990. The van der Waals surface area contributed by atoms with Gasteiger partial charge in [0.2, 0.25) is 21.8 Å². The van der Waals surface area contributed by atoms with Gasteiger partial charge in [-0.05, 0) is 35.9 Å². The van der Waals surface area contributed by atoms with Crippen LogP contribution in [0, 0.1) is 5.82 Å². The number of nitrogens with zero attached hydrogens (tertiary/aromatic N) is 1. The molecule has 2 aromatic carbocycles. The molecule has 0 aliphatic heterocycles. The standard InChI is InChI=1S/C18H20FN3O4S/c1-13(23)20-11-14-6-8-17(9-7-14)27(25,26)22(2)12-18(24)21-16-5-3-4-15(19)10-16/h3-10H,11-12H2,1-2H3,(H,20,23)(H,21,24). The number of anilines is 1. The van der Waals surface area contributed by atoms with Crippen molar-refractivity contribution in [2.45, 2.75) is 18.4 Å². The number of carbonyl (C=O) groups is 2. The van der Waals surface area contributed by atoms with Crippen LogP contribution in [0.15, 0.2) is 53.4 Å². The third kappa shape index (κ3) is 5.87. The summed E-state index contributed by atoms with van der Waals surface area (Å²) in [7, 11) is -2.59. The molecule has 0 radical (unpaired) electrons. The first kappa shape index (κ1) is 20.5. The number of benzene rings is 2. The molecule has 0 bridgehead atoms. The lowest BCUT2D eigenvalue weighted by Crippen LogP contribution is -2.35. The van der Waals surface area contributed by atoms with Gasteiger partial charge in [0.25, 0.3) is 0 Å². The van der Waals surface area contributed by atoms with Gasteiger partial charge in [0.05, 0.1) is 11.4 Å². The molecule has 0 aliphatic carbocycles. The van der Waals surface area contributed by atoms with Crippen molar-refractivity contribution in [3.8, 4) is 0 Å². The molecule has 0 heterocycles. The van der Waals surface area contributed by atoms with Gasteiger partial charge in [0.15, 0.2) is 0 Å². The first-order valence-corrected chi connectivity index (χ1v) is 9.47. The van der Waals surface area contributed by atoms with E-state index < -0.39 is 28.3 Å². The average Bonchev–Trinajstić information content (AvgIpc) is 2.60. The normalized spacial score (nSPS) is 11.3. The number of nitrogens with one attached hydrogen (secondary N) is 2. The number of carbonyl (C=O) groups excluding carboxylic acids is 2. The summed E-state index contributed by atoms with van der Waals surface area (Å²) in [4.78, 5) is 23.0. The molecule has 144 valence electrons. The minimum atomic E-state index is -3.87. The van der Waals surface area contributed by atoms with E-state index in [0.717, 1.165) is 15.9 Å². The molecule has 2 N–H and O–H groups in total. The zero-order chi connectivity index (χ0) is 20.0. The lowest BCUT2D eigenvalue weighted by atomic mass is 10.2. The molecule has 0 unspecified atom stereocenters. The number of sulfonamides is 1. The van der Waals surface area contributed by atoms with E-state index in [1.54, 1.807) is 12.1 Å². The highest BCUT2D eigenvalue weighted by molar-refractivity contribution is 7.89. The largest absolute Gasteiger partial charge is 0.352 e. The number of hydrogen-bond acceptors (Lipinski definition) is 4. The minimum absolute atomic E-state index is 0.0233. The van der Waals surface area contributed by atoms with E-state index in [-0.39, 0.29) is 16.5 Å².